The molecule has 24 heavy (non-hydrogen) atoms. The van der Waals surface area contributed by atoms with Gasteiger partial charge in [0.25, 0.3) is 5.95 Å². The molecule has 0 aromatic carbocycles. The van der Waals surface area contributed by atoms with Crippen LogP contribution in [0.2, 0.25) is 0 Å². The number of hydrogen-bond donors (Lipinski definition) is 1. The smallest absolute Gasteiger partial charge is 0.363 e. The maximum Gasteiger partial charge on any atom is 0.417 e. The summed E-state index contributed by atoms with van der Waals surface area (Å²) in [4.78, 5) is 11.6. The van der Waals surface area contributed by atoms with E-state index in [9.17, 15) is 17.6 Å². The summed E-state index contributed by atoms with van der Waals surface area (Å²) in [5.74, 6) is -0.102. The Morgan fingerprint density at radius 2 is 2.00 bits per heavy atom. The molecule has 0 saturated carbocycles. The predicted molar refractivity (Wildman–Crippen MR) is 74.1 cm³/mol. The number of aromatic nitrogens is 4. The second-order valence-electron chi connectivity index (χ2n) is 4.70. The first-order valence-electron chi connectivity index (χ1n) is 6.62. The average Bonchev–Trinajstić information content (AvgIpc) is 2.98. The summed E-state index contributed by atoms with van der Waals surface area (Å²) in [7, 11) is 0. The third-order valence-electron chi connectivity index (χ3n) is 2.95. The van der Waals surface area contributed by atoms with Gasteiger partial charge in [-0.3, -0.25) is 4.98 Å². The van der Waals surface area contributed by atoms with E-state index in [0.717, 1.165) is 18.3 Å². The van der Waals surface area contributed by atoms with Gasteiger partial charge in [0, 0.05) is 30.2 Å². The SMILES string of the molecule is Fc1cc(CNc2ccnc(-c3cncc(C(F)(F)F)c3)n2)on1. The highest BCUT2D eigenvalue weighted by Crippen LogP contribution is 2.30. The highest BCUT2D eigenvalue weighted by molar-refractivity contribution is 5.56. The zero-order valence-corrected chi connectivity index (χ0v) is 11.9. The van der Waals surface area contributed by atoms with Crippen molar-refractivity contribution < 1.29 is 22.1 Å². The number of anilines is 1. The van der Waals surface area contributed by atoms with Crippen LogP contribution in [-0.4, -0.2) is 20.1 Å². The van der Waals surface area contributed by atoms with Gasteiger partial charge in [0.05, 0.1) is 12.1 Å². The summed E-state index contributed by atoms with van der Waals surface area (Å²) < 4.78 is 55.6. The van der Waals surface area contributed by atoms with Crippen LogP contribution in [0.1, 0.15) is 11.3 Å². The van der Waals surface area contributed by atoms with Gasteiger partial charge in [-0.15, -0.1) is 0 Å². The molecule has 0 saturated heterocycles. The second-order valence-corrected chi connectivity index (χ2v) is 4.70. The van der Waals surface area contributed by atoms with E-state index in [1.54, 1.807) is 0 Å². The highest BCUT2D eigenvalue weighted by atomic mass is 19.4. The average molecular weight is 339 g/mol. The highest BCUT2D eigenvalue weighted by Gasteiger charge is 2.31. The molecule has 0 aliphatic heterocycles. The number of pyridine rings is 1. The van der Waals surface area contributed by atoms with Gasteiger partial charge in [0.1, 0.15) is 5.82 Å². The Labute approximate surface area is 132 Å². The second kappa shape index (κ2) is 6.22. The number of alkyl halides is 3. The fourth-order valence-electron chi connectivity index (χ4n) is 1.86. The monoisotopic (exact) mass is 339 g/mol. The van der Waals surface area contributed by atoms with Crippen LogP contribution in [0.3, 0.4) is 0 Å². The van der Waals surface area contributed by atoms with Gasteiger partial charge in [-0.2, -0.15) is 17.6 Å². The fourth-order valence-corrected chi connectivity index (χ4v) is 1.86. The Balaban J connectivity index is 1.80. The van der Waals surface area contributed by atoms with Crippen LogP contribution in [-0.2, 0) is 12.7 Å². The van der Waals surface area contributed by atoms with E-state index in [1.165, 1.54) is 18.5 Å². The lowest BCUT2D eigenvalue weighted by Crippen LogP contribution is -2.06. The molecular weight excluding hydrogens is 330 g/mol. The summed E-state index contributed by atoms with van der Waals surface area (Å²) >= 11 is 0. The normalized spacial score (nSPS) is 11.5. The molecule has 0 unspecified atom stereocenters. The molecule has 0 spiro atoms. The van der Waals surface area contributed by atoms with E-state index in [1.807, 2.05) is 0 Å². The van der Waals surface area contributed by atoms with Crippen molar-refractivity contribution in [2.45, 2.75) is 12.7 Å². The van der Waals surface area contributed by atoms with Crippen LogP contribution in [0.15, 0.2) is 41.3 Å². The number of rotatable bonds is 4. The van der Waals surface area contributed by atoms with Crippen molar-refractivity contribution in [2.24, 2.45) is 0 Å². The maximum absolute atomic E-state index is 12.7. The third-order valence-corrected chi connectivity index (χ3v) is 2.95. The van der Waals surface area contributed by atoms with E-state index in [0.29, 0.717) is 5.82 Å². The molecule has 0 aliphatic rings. The van der Waals surface area contributed by atoms with Crippen molar-refractivity contribution >= 4 is 5.82 Å². The number of halogens is 4. The van der Waals surface area contributed by atoms with Crippen molar-refractivity contribution in [3.05, 3.63) is 54.1 Å². The molecule has 124 valence electrons. The van der Waals surface area contributed by atoms with E-state index in [-0.39, 0.29) is 23.7 Å². The van der Waals surface area contributed by atoms with E-state index >= 15 is 0 Å². The molecule has 0 fully saturated rings. The Bertz CT molecular complexity index is 849. The predicted octanol–water partition coefficient (Wildman–Crippen LogP) is 3.30. The van der Waals surface area contributed by atoms with Crippen molar-refractivity contribution in [1.29, 1.82) is 0 Å². The first kappa shape index (κ1) is 15.8. The van der Waals surface area contributed by atoms with Crippen LogP contribution in [0.25, 0.3) is 11.4 Å². The van der Waals surface area contributed by atoms with E-state index in [2.05, 4.69) is 29.9 Å². The first-order valence-corrected chi connectivity index (χ1v) is 6.62. The quantitative estimate of drug-likeness (QED) is 0.735. The number of nitrogens with zero attached hydrogens (tertiary/aromatic N) is 4. The lowest BCUT2D eigenvalue weighted by atomic mass is 10.2. The minimum absolute atomic E-state index is 0.0716. The lowest BCUT2D eigenvalue weighted by Gasteiger charge is -2.08. The summed E-state index contributed by atoms with van der Waals surface area (Å²) in [5, 5.41) is 5.93. The molecule has 0 bridgehead atoms. The van der Waals surface area contributed by atoms with Gasteiger partial charge in [0.2, 0.25) is 0 Å². The van der Waals surface area contributed by atoms with Crippen molar-refractivity contribution in [1.82, 2.24) is 20.1 Å². The zero-order valence-electron chi connectivity index (χ0n) is 11.9. The molecule has 0 amide bonds. The van der Waals surface area contributed by atoms with Crippen LogP contribution in [0.5, 0.6) is 0 Å². The standard InChI is InChI=1S/C14H9F4N5O/c15-11-4-10(24-23-11)7-21-12-1-2-20-13(22-12)8-3-9(6-19-5-8)14(16,17)18/h1-6H,7H2,(H,20,21,22). The van der Waals surface area contributed by atoms with Crippen molar-refractivity contribution in [3.8, 4) is 11.4 Å². The summed E-state index contributed by atoms with van der Waals surface area (Å²) in [6, 6.07) is 3.53. The largest absolute Gasteiger partial charge is 0.417 e. The summed E-state index contributed by atoms with van der Waals surface area (Å²) in [5.41, 5.74) is -0.765. The zero-order chi connectivity index (χ0) is 17.2. The Morgan fingerprint density at radius 1 is 1.17 bits per heavy atom. The molecule has 0 aliphatic carbocycles. The number of hydrogen-bond acceptors (Lipinski definition) is 6. The lowest BCUT2D eigenvalue weighted by molar-refractivity contribution is -0.137. The van der Waals surface area contributed by atoms with Gasteiger partial charge in [-0.1, -0.05) is 0 Å². The Hall–Kier alpha value is -3.04. The first-order chi connectivity index (χ1) is 11.4. The fraction of sp³-hybridized carbons (Fsp3) is 0.143. The molecule has 0 radical (unpaired) electrons. The minimum atomic E-state index is -4.50. The van der Waals surface area contributed by atoms with Gasteiger partial charge in [-0.25, -0.2) is 9.97 Å². The van der Waals surface area contributed by atoms with Gasteiger partial charge in [0.15, 0.2) is 11.6 Å². The number of nitrogens with one attached hydrogen (secondary N) is 1. The molecule has 0 atom stereocenters. The molecule has 1 N–H and O–H groups in total. The summed E-state index contributed by atoms with van der Waals surface area (Å²) in [6.45, 7) is 0.105. The molecule has 3 aromatic heterocycles. The van der Waals surface area contributed by atoms with Crippen molar-refractivity contribution in [3.63, 3.8) is 0 Å². The maximum atomic E-state index is 12.7. The molecule has 10 heteroatoms. The molecule has 3 heterocycles. The van der Waals surface area contributed by atoms with Crippen LogP contribution < -0.4 is 5.32 Å². The minimum Gasteiger partial charge on any atom is -0.363 e. The van der Waals surface area contributed by atoms with Gasteiger partial charge >= 0.3 is 6.18 Å². The summed E-state index contributed by atoms with van der Waals surface area (Å²) in [6.07, 6.45) is -1.16. The van der Waals surface area contributed by atoms with E-state index in [4.69, 9.17) is 0 Å². The van der Waals surface area contributed by atoms with E-state index < -0.39 is 17.7 Å². The molecular formula is C14H9F4N5O. The van der Waals surface area contributed by atoms with Gasteiger partial charge in [-0.05, 0) is 17.3 Å². The molecule has 6 nitrogen and oxygen atoms in total. The van der Waals surface area contributed by atoms with Gasteiger partial charge < -0.3 is 9.84 Å². The van der Waals surface area contributed by atoms with Crippen LogP contribution >= 0.6 is 0 Å². The topological polar surface area (TPSA) is 76.7 Å². The van der Waals surface area contributed by atoms with Crippen LogP contribution in [0.4, 0.5) is 23.4 Å². The third kappa shape index (κ3) is 3.65. The Morgan fingerprint density at radius 3 is 2.71 bits per heavy atom. The molecule has 3 aromatic rings. The van der Waals surface area contributed by atoms with Crippen LogP contribution in [0, 0.1) is 5.95 Å². The Kier molecular flexibility index (Phi) is 4.11. The molecule has 3 rings (SSSR count). The van der Waals surface area contributed by atoms with Crippen molar-refractivity contribution in [2.75, 3.05) is 5.32 Å².